The highest BCUT2D eigenvalue weighted by atomic mass is 16.5. The second-order valence-electron chi connectivity index (χ2n) is 7.59. The lowest BCUT2D eigenvalue weighted by atomic mass is 10.2. The normalized spacial score (nSPS) is 13.8. The Labute approximate surface area is 178 Å². The van der Waals surface area contributed by atoms with Crippen molar-refractivity contribution >= 4 is 5.96 Å². The largest absolute Gasteiger partial charge is 0.493 e. The summed E-state index contributed by atoms with van der Waals surface area (Å²) in [6.07, 6.45) is 7.44. The van der Waals surface area contributed by atoms with Crippen LogP contribution in [0, 0.1) is 5.92 Å². The molecule has 2 N–H and O–H groups in total. The van der Waals surface area contributed by atoms with Gasteiger partial charge in [-0.25, -0.2) is 4.68 Å². The number of guanidine groups is 1. The molecule has 0 saturated heterocycles. The van der Waals surface area contributed by atoms with Gasteiger partial charge in [-0.05, 0) is 48.9 Å². The van der Waals surface area contributed by atoms with Crippen molar-refractivity contribution in [2.24, 2.45) is 10.9 Å². The average molecular weight is 404 g/mol. The van der Waals surface area contributed by atoms with Crippen molar-refractivity contribution in [1.82, 2.24) is 20.4 Å². The highest BCUT2D eigenvalue weighted by molar-refractivity contribution is 5.79. The molecule has 6 heteroatoms. The van der Waals surface area contributed by atoms with Gasteiger partial charge in [-0.2, -0.15) is 5.10 Å². The van der Waals surface area contributed by atoms with E-state index >= 15 is 0 Å². The van der Waals surface area contributed by atoms with E-state index in [0.29, 0.717) is 6.54 Å². The Kier molecular flexibility index (Phi) is 6.65. The highest BCUT2D eigenvalue weighted by Crippen LogP contribution is 2.30. The molecule has 0 amide bonds. The van der Waals surface area contributed by atoms with Crippen molar-refractivity contribution in [3.63, 3.8) is 0 Å². The summed E-state index contributed by atoms with van der Waals surface area (Å²) in [4.78, 5) is 4.33. The number of nitrogens with zero attached hydrogens (tertiary/aromatic N) is 3. The minimum absolute atomic E-state index is 0.673. The number of nitrogens with one attached hydrogen (secondary N) is 2. The lowest BCUT2D eigenvalue weighted by Crippen LogP contribution is -2.37. The smallest absolute Gasteiger partial charge is 0.191 e. The predicted molar refractivity (Wildman–Crippen MR) is 120 cm³/mol. The van der Waals surface area contributed by atoms with Crippen LogP contribution in [0.3, 0.4) is 0 Å². The molecule has 1 saturated carbocycles. The van der Waals surface area contributed by atoms with E-state index in [1.165, 1.54) is 18.4 Å². The maximum Gasteiger partial charge on any atom is 0.191 e. The Morgan fingerprint density at radius 1 is 1.10 bits per heavy atom. The molecule has 0 aliphatic heterocycles. The standard InChI is InChI=1S/C24H29N5O/c1-25-24(27-16-21-7-5-6-10-23(21)30-18-19-11-12-19)26-14-13-20-15-28-29(17-20)22-8-3-2-4-9-22/h2-10,15,17,19H,11-14,16,18H2,1H3,(H2,25,26,27). The van der Waals surface area contributed by atoms with Crippen LogP contribution in [0.15, 0.2) is 72.0 Å². The number of aromatic nitrogens is 2. The first-order valence-electron chi connectivity index (χ1n) is 10.6. The molecule has 0 atom stereocenters. The van der Waals surface area contributed by atoms with Gasteiger partial charge in [0.15, 0.2) is 5.96 Å². The van der Waals surface area contributed by atoms with Crippen LogP contribution in [0.5, 0.6) is 5.75 Å². The van der Waals surface area contributed by atoms with Crippen LogP contribution in [0.1, 0.15) is 24.0 Å². The molecular weight excluding hydrogens is 374 g/mol. The fraction of sp³-hybridized carbons (Fsp3) is 0.333. The summed E-state index contributed by atoms with van der Waals surface area (Å²) in [6.45, 7) is 2.27. The molecule has 0 radical (unpaired) electrons. The molecule has 156 valence electrons. The highest BCUT2D eigenvalue weighted by Gasteiger charge is 2.22. The van der Waals surface area contributed by atoms with Crippen LogP contribution < -0.4 is 15.4 Å². The Hall–Kier alpha value is -3.28. The number of aliphatic imine (C=N–C) groups is 1. The maximum atomic E-state index is 6.00. The summed E-state index contributed by atoms with van der Waals surface area (Å²) >= 11 is 0. The molecule has 30 heavy (non-hydrogen) atoms. The number of rotatable bonds is 9. The van der Waals surface area contributed by atoms with Crippen LogP contribution in [0.2, 0.25) is 0 Å². The van der Waals surface area contributed by atoms with Gasteiger partial charge in [-0.15, -0.1) is 0 Å². The van der Waals surface area contributed by atoms with E-state index in [1.54, 1.807) is 7.05 Å². The molecule has 1 fully saturated rings. The summed E-state index contributed by atoms with van der Waals surface area (Å²) in [5.74, 6) is 2.48. The number of hydrogen-bond donors (Lipinski definition) is 2. The van der Waals surface area contributed by atoms with Gasteiger partial charge < -0.3 is 15.4 Å². The van der Waals surface area contributed by atoms with Crippen LogP contribution in [0.4, 0.5) is 0 Å². The number of benzene rings is 2. The molecule has 1 aromatic heterocycles. The third-order valence-corrected chi connectivity index (χ3v) is 5.18. The molecule has 3 aromatic rings. The molecular formula is C24H29N5O. The van der Waals surface area contributed by atoms with Crippen molar-refractivity contribution in [2.75, 3.05) is 20.2 Å². The molecule has 0 bridgehead atoms. The van der Waals surface area contributed by atoms with E-state index in [2.05, 4.69) is 33.0 Å². The van der Waals surface area contributed by atoms with E-state index < -0.39 is 0 Å². The van der Waals surface area contributed by atoms with E-state index in [9.17, 15) is 0 Å². The average Bonchev–Trinajstić information content (AvgIpc) is 3.51. The molecule has 0 unspecified atom stereocenters. The summed E-state index contributed by atoms with van der Waals surface area (Å²) in [6, 6.07) is 18.3. The zero-order chi connectivity index (χ0) is 20.6. The number of ether oxygens (including phenoxy) is 1. The van der Waals surface area contributed by atoms with Crippen molar-refractivity contribution in [2.45, 2.75) is 25.8 Å². The quantitative estimate of drug-likeness (QED) is 0.424. The molecule has 0 spiro atoms. The van der Waals surface area contributed by atoms with Crippen molar-refractivity contribution in [3.05, 3.63) is 78.1 Å². The Morgan fingerprint density at radius 3 is 2.70 bits per heavy atom. The van der Waals surface area contributed by atoms with Gasteiger partial charge in [-0.1, -0.05) is 36.4 Å². The Morgan fingerprint density at radius 2 is 1.90 bits per heavy atom. The van der Waals surface area contributed by atoms with Crippen LogP contribution in [0.25, 0.3) is 5.69 Å². The number of hydrogen-bond acceptors (Lipinski definition) is 3. The first-order valence-corrected chi connectivity index (χ1v) is 10.6. The molecule has 4 rings (SSSR count). The summed E-state index contributed by atoms with van der Waals surface area (Å²) in [7, 11) is 1.79. The van der Waals surface area contributed by atoms with Crippen LogP contribution in [-0.2, 0) is 13.0 Å². The Balaban J connectivity index is 1.24. The maximum absolute atomic E-state index is 6.00. The number of para-hydroxylation sites is 2. The second-order valence-corrected chi connectivity index (χ2v) is 7.59. The Bertz CT molecular complexity index is 962. The minimum atomic E-state index is 0.673. The van der Waals surface area contributed by atoms with Gasteiger partial charge in [0.2, 0.25) is 0 Å². The third kappa shape index (κ3) is 5.63. The zero-order valence-electron chi connectivity index (χ0n) is 17.4. The van der Waals surface area contributed by atoms with Crippen LogP contribution in [-0.4, -0.2) is 35.9 Å². The second kappa shape index (κ2) is 9.96. The van der Waals surface area contributed by atoms with Gasteiger partial charge >= 0.3 is 0 Å². The van der Waals surface area contributed by atoms with Crippen molar-refractivity contribution < 1.29 is 4.74 Å². The van der Waals surface area contributed by atoms with Crippen LogP contribution >= 0.6 is 0 Å². The van der Waals surface area contributed by atoms with Gasteiger partial charge in [0.25, 0.3) is 0 Å². The van der Waals surface area contributed by atoms with Crippen molar-refractivity contribution in [3.8, 4) is 11.4 Å². The molecule has 6 nitrogen and oxygen atoms in total. The summed E-state index contributed by atoms with van der Waals surface area (Å²) in [5, 5.41) is 11.2. The van der Waals surface area contributed by atoms with Gasteiger partial charge in [0, 0.05) is 31.9 Å². The lowest BCUT2D eigenvalue weighted by Gasteiger charge is -2.14. The first-order chi connectivity index (χ1) is 14.8. The molecule has 1 aliphatic carbocycles. The van der Waals surface area contributed by atoms with E-state index in [1.807, 2.05) is 59.4 Å². The van der Waals surface area contributed by atoms with Gasteiger partial charge in [-0.3, -0.25) is 4.99 Å². The first kappa shape index (κ1) is 20.0. The topological polar surface area (TPSA) is 63.5 Å². The minimum Gasteiger partial charge on any atom is -0.493 e. The van der Waals surface area contributed by atoms with E-state index in [0.717, 1.165) is 48.5 Å². The van der Waals surface area contributed by atoms with Gasteiger partial charge in [0.05, 0.1) is 18.5 Å². The summed E-state index contributed by atoms with van der Waals surface area (Å²) in [5.41, 5.74) is 3.39. The lowest BCUT2D eigenvalue weighted by molar-refractivity contribution is 0.296. The fourth-order valence-corrected chi connectivity index (χ4v) is 3.22. The molecule has 1 aliphatic rings. The van der Waals surface area contributed by atoms with Gasteiger partial charge in [0.1, 0.15) is 5.75 Å². The van der Waals surface area contributed by atoms with E-state index in [4.69, 9.17) is 4.74 Å². The van der Waals surface area contributed by atoms with E-state index in [-0.39, 0.29) is 0 Å². The monoisotopic (exact) mass is 403 g/mol. The third-order valence-electron chi connectivity index (χ3n) is 5.18. The summed E-state index contributed by atoms with van der Waals surface area (Å²) < 4.78 is 7.90. The molecule has 2 aromatic carbocycles. The predicted octanol–water partition coefficient (Wildman–Crippen LogP) is 3.57. The van der Waals surface area contributed by atoms with Crippen molar-refractivity contribution in [1.29, 1.82) is 0 Å². The fourth-order valence-electron chi connectivity index (χ4n) is 3.22. The molecule has 1 heterocycles. The zero-order valence-corrected chi connectivity index (χ0v) is 17.4. The SMILES string of the molecule is CN=C(NCCc1cnn(-c2ccccc2)c1)NCc1ccccc1OCC1CC1.